The van der Waals surface area contributed by atoms with E-state index in [0.717, 1.165) is 12.1 Å². The molecule has 0 N–H and O–H groups in total. The van der Waals surface area contributed by atoms with Crippen LogP contribution in [0.2, 0.25) is 19.6 Å². The van der Waals surface area contributed by atoms with Crippen molar-refractivity contribution in [1.82, 2.24) is 5.23 Å². The van der Waals surface area contributed by atoms with Crippen molar-refractivity contribution in [2.75, 3.05) is 7.11 Å². The van der Waals surface area contributed by atoms with Crippen LogP contribution in [0.1, 0.15) is 31.7 Å². The first-order valence-corrected chi connectivity index (χ1v) is 11.1. The summed E-state index contributed by atoms with van der Waals surface area (Å²) in [6, 6.07) is 10.4. The van der Waals surface area contributed by atoms with Crippen LogP contribution in [0, 0.1) is 0 Å². The normalized spacial score (nSPS) is 28.2. The quantitative estimate of drug-likeness (QED) is 0.767. The van der Waals surface area contributed by atoms with E-state index in [2.05, 4.69) is 50.0 Å². The Morgan fingerprint density at radius 3 is 2.41 bits per heavy atom. The highest BCUT2D eigenvalue weighted by Gasteiger charge is 2.43. The summed E-state index contributed by atoms with van der Waals surface area (Å²) < 4.78 is 11.7. The maximum atomic E-state index is 6.13. The van der Waals surface area contributed by atoms with Gasteiger partial charge in [0.15, 0.2) is 5.79 Å². The van der Waals surface area contributed by atoms with Gasteiger partial charge in [0.25, 0.3) is 0 Å². The monoisotopic (exact) mass is 321 g/mol. The number of benzene rings is 1. The lowest BCUT2D eigenvalue weighted by Gasteiger charge is -2.45. The Morgan fingerprint density at radius 2 is 1.91 bits per heavy atom. The van der Waals surface area contributed by atoms with Crippen molar-refractivity contribution in [1.29, 1.82) is 0 Å². The minimum Gasteiger partial charge on any atom is -0.351 e. The van der Waals surface area contributed by atoms with Crippen molar-refractivity contribution < 1.29 is 14.1 Å². The van der Waals surface area contributed by atoms with Gasteiger partial charge in [0.05, 0.1) is 5.70 Å². The Morgan fingerprint density at radius 1 is 1.27 bits per heavy atom. The van der Waals surface area contributed by atoms with E-state index in [4.69, 9.17) is 14.1 Å². The van der Waals surface area contributed by atoms with Crippen LogP contribution in [0.3, 0.4) is 0 Å². The predicted octanol–water partition coefficient (Wildman–Crippen LogP) is 4.44. The SMILES string of the molecule is C/C=C1/[C@@H](c2ccccc2)C[C@](C)(OC)ON1O[Si](C)(C)C. The van der Waals surface area contributed by atoms with E-state index in [0.29, 0.717) is 0 Å². The molecule has 0 amide bonds. The van der Waals surface area contributed by atoms with Crippen molar-refractivity contribution in [3.8, 4) is 0 Å². The number of allylic oxidation sites excluding steroid dienone is 2. The van der Waals surface area contributed by atoms with Gasteiger partial charge >= 0.3 is 0 Å². The maximum Gasteiger partial charge on any atom is 0.223 e. The molecular formula is C17H27NO3Si. The Labute approximate surface area is 134 Å². The van der Waals surface area contributed by atoms with Crippen molar-refractivity contribution >= 4 is 8.32 Å². The first-order chi connectivity index (χ1) is 10.3. The molecule has 0 unspecified atom stereocenters. The molecule has 1 aliphatic heterocycles. The molecule has 1 aromatic carbocycles. The molecule has 1 aliphatic rings. The van der Waals surface area contributed by atoms with Gasteiger partial charge in [-0.25, -0.2) is 4.84 Å². The molecule has 0 saturated carbocycles. The molecule has 0 bridgehead atoms. The molecule has 2 rings (SSSR count). The Bertz CT molecular complexity index is 526. The van der Waals surface area contributed by atoms with Crippen LogP contribution in [-0.4, -0.2) is 26.4 Å². The molecule has 1 fully saturated rings. The van der Waals surface area contributed by atoms with Gasteiger partial charge in [0, 0.05) is 19.4 Å². The summed E-state index contributed by atoms with van der Waals surface area (Å²) in [6.45, 7) is 10.4. The van der Waals surface area contributed by atoms with E-state index in [-0.39, 0.29) is 5.92 Å². The summed E-state index contributed by atoms with van der Waals surface area (Å²) in [4.78, 5) is 6.01. The van der Waals surface area contributed by atoms with Gasteiger partial charge in [-0.3, -0.25) is 4.53 Å². The van der Waals surface area contributed by atoms with Crippen LogP contribution < -0.4 is 0 Å². The molecule has 1 heterocycles. The van der Waals surface area contributed by atoms with Crippen LogP contribution in [-0.2, 0) is 14.1 Å². The minimum atomic E-state index is -1.80. The zero-order valence-corrected chi connectivity index (χ0v) is 15.4. The number of ether oxygens (including phenoxy) is 1. The second kappa shape index (κ2) is 6.54. The average Bonchev–Trinajstić information content (AvgIpc) is 2.46. The largest absolute Gasteiger partial charge is 0.351 e. The molecule has 22 heavy (non-hydrogen) atoms. The van der Waals surface area contributed by atoms with Crippen LogP contribution in [0.25, 0.3) is 0 Å². The third-order valence-electron chi connectivity index (χ3n) is 3.71. The van der Waals surface area contributed by atoms with Crippen LogP contribution >= 0.6 is 0 Å². The van der Waals surface area contributed by atoms with Crippen LogP contribution in [0.15, 0.2) is 42.1 Å². The van der Waals surface area contributed by atoms with E-state index in [9.17, 15) is 0 Å². The van der Waals surface area contributed by atoms with Gasteiger partial charge in [-0.1, -0.05) is 36.4 Å². The van der Waals surface area contributed by atoms with Gasteiger partial charge < -0.3 is 4.74 Å². The fourth-order valence-corrected chi connectivity index (χ4v) is 3.23. The number of hydrogen-bond acceptors (Lipinski definition) is 4. The summed E-state index contributed by atoms with van der Waals surface area (Å²) in [5.74, 6) is -0.520. The molecule has 5 heteroatoms. The number of hydrogen-bond donors (Lipinski definition) is 0. The van der Waals surface area contributed by atoms with E-state index in [1.54, 1.807) is 12.3 Å². The van der Waals surface area contributed by atoms with Crippen molar-refractivity contribution in [3.05, 3.63) is 47.7 Å². The highest BCUT2D eigenvalue weighted by molar-refractivity contribution is 6.69. The fraction of sp³-hybridized carbons (Fsp3) is 0.529. The first kappa shape index (κ1) is 17.2. The third kappa shape index (κ3) is 3.98. The predicted molar refractivity (Wildman–Crippen MR) is 90.3 cm³/mol. The van der Waals surface area contributed by atoms with E-state index in [1.165, 1.54) is 5.56 Å². The fourth-order valence-electron chi connectivity index (χ4n) is 2.59. The van der Waals surface area contributed by atoms with Crippen molar-refractivity contribution in [2.45, 2.75) is 51.6 Å². The molecule has 0 radical (unpaired) electrons. The first-order valence-electron chi connectivity index (χ1n) is 7.73. The van der Waals surface area contributed by atoms with Gasteiger partial charge in [-0.15, -0.1) is 5.23 Å². The summed E-state index contributed by atoms with van der Waals surface area (Å²) in [7, 11) is -0.128. The number of nitrogens with zero attached hydrogens (tertiary/aromatic N) is 1. The maximum absolute atomic E-state index is 6.13. The molecule has 0 aromatic heterocycles. The highest BCUT2D eigenvalue weighted by atomic mass is 28.4. The van der Waals surface area contributed by atoms with Gasteiger partial charge in [0.1, 0.15) is 0 Å². The standard InChI is InChI=1S/C17H27NO3Si/c1-7-16-15(14-11-9-8-10-12-14)13-17(2,19-3)20-18(16)21-22(4,5)6/h7-12,15H,13H2,1-6H3/b16-7-/t15-,17-/m1/s1. The van der Waals surface area contributed by atoms with Crippen molar-refractivity contribution in [3.63, 3.8) is 0 Å². The van der Waals surface area contributed by atoms with Crippen LogP contribution in [0.4, 0.5) is 0 Å². The topological polar surface area (TPSA) is 30.9 Å². The summed E-state index contributed by atoms with van der Waals surface area (Å²) in [5, 5.41) is 1.59. The number of hydroxylamine groups is 2. The lowest BCUT2D eigenvalue weighted by molar-refractivity contribution is -0.422. The Balaban J connectivity index is 2.38. The highest BCUT2D eigenvalue weighted by Crippen LogP contribution is 2.42. The number of rotatable bonds is 4. The second-order valence-electron chi connectivity index (χ2n) is 6.77. The minimum absolute atomic E-state index is 0.182. The van der Waals surface area contributed by atoms with Gasteiger partial charge in [0.2, 0.25) is 8.32 Å². The molecule has 2 atom stereocenters. The Kier molecular flexibility index (Phi) is 5.12. The Hall–Kier alpha value is -1.14. The lowest BCUT2D eigenvalue weighted by Crippen LogP contribution is -2.50. The zero-order chi connectivity index (χ0) is 16.4. The van der Waals surface area contributed by atoms with Gasteiger partial charge in [-0.2, -0.15) is 0 Å². The van der Waals surface area contributed by atoms with E-state index < -0.39 is 14.1 Å². The van der Waals surface area contributed by atoms with E-state index >= 15 is 0 Å². The third-order valence-corrected chi connectivity index (χ3v) is 4.42. The van der Waals surface area contributed by atoms with E-state index in [1.807, 2.05) is 19.9 Å². The summed E-state index contributed by atoms with van der Waals surface area (Å²) >= 11 is 0. The average molecular weight is 321 g/mol. The molecule has 122 valence electrons. The molecule has 1 aromatic rings. The smallest absolute Gasteiger partial charge is 0.223 e. The molecule has 4 nitrogen and oxygen atoms in total. The second-order valence-corrected chi connectivity index (χ2v) is 11.2. The summed E-state index contributed by atoms with van der Waals surface area (Å²) in [6.07, 6.45) is 2.81. The zero-order valence-electron chi connectivity index (χ0n) is 14.4. The molecule has 0 spiro atoms. The van der Waals surface area contributed by atoms with Crippen molar-refractivity contribution in [2.24, 2.45) is 0 Å². The lowest BCUT2D eigenvalue weighted by atomic mass is 9.88. The molecule has 1 saturated heterocycles. The van der Waals surface area contributed by atoms with Crippen LogP contribution in [0.5, 0.6) is 0 Å². The molecule has 0 aliphatic carbocycles. The van der Waals surface area contributed by atoms with Gasteiger partial charge in [-0.05, 0) is 39.1 Å². The molecular weight excluding hydrogens is 294 g/mol. The number of methoxy groups -OCH3 is 1. The summed E-state index contributed by atoms with van der Waals surface area (Å²) in [5.41, 5.74) is 2.27.